The first-order valence-electron chi connectivity index (χ1n) is 8.68. The molecule has 0 saturated carbocycles. The third-order valence-electron chi connectivity index (χ3n) is 5.08. The van der Waals surface area contributed by atoms with E-state index in [1.54, 1.807) is 6.20 Å². The van der Waals surface area contributed by atoms with Gasteiger partial charge in [0, 0.05) is 32.7 Å². The molecule has 2 aromatic rings. The minimum atomic E-state index is -0.0936. The van der Waals surface area contributed by atoms with Crippen LogP contribution >= 0.6 is 0 Å². The molecule has 2 fully saturated rings. The Balaban J connectivity index is 1.56. The van der Waals surface area contributed by atoms with Gasteiger partial charge in [0.2, 0.25) is 5.91 Å². The van der Waals surface area contributed by atoms with E-state index in [9.17, 15) is 4.79 Å². The van der Waals surface area contributed by atoms with Crippen LogP contribution in [0.1, 0.15) is 12.8 Å². The maximum Gasteiger partial charge on any atom is 0.245 e. The van der Waals surface area contributed by atoms with E-state index in [2.05, 4.69) is 21.8 Å². The standard InChI is InChI=1S/C18H23N5O/c1-21-9-11-22(12-10-21)18(24)16-7-4-8-23(16)17-13-19-14-5-2-3-6-15(14)20-17/h2-3,5-6,13,16H,4,7-12H2,1H3/t16-/m0/s1. The molecule has 1 aromatic carbocycles. The summed E-state index contributed by atoms with van der Waals surface area (Å²) in [6.07, 6.45) is 3.73. The number of benzene rings is 1. The lowest BCUT2D eigenvalue weighted by atomic mass is 10.1. The second-order valence-electron chi connectivity index (χ2n) is 6.70. The largest absolute Gasteiger partial charge is 0.343 e. The van der Waals surface area contributed by atoms with Crippen molar-refractivity contribution in [1.29, 1.82) is 0 Å². The summed E-state index contributed by atoms with van der Waals surface area (Å²) in [5.41, 5.74) is 1.77. The Morgan fingerprint density at radius 2 is 1.83 bits per heavy atom. The number of para-hydroxylation sites is 2. The van der Waals surface area contributed by atoms with E-state index in [1.807, 2.05) is 29.2 Å². The number of fused-ring (bicyclic) bond motifs is 1. The van der Waals surface area contributed by atoms with Crippen LogP contribution in [0.25, 0.3) is 11.0 Å². The molecule has 1 amide bonds. The second kappa shape index (κ2) is 6.36. The number of amides is 1. The number of carbonyl (C=O) groups excluding carboxylic acids is 1. The Labute approximate surface area is 142 Å². The summed E-state index contributed by atoms with van der Waals surface area (Å²) in [6.45, 7) is 4.42. The average Bonchev–Trinajstić information content (AvgIpc) is 3.11. The predicted molar refractivity (Wildman–Crippen MR) is 94.0 cm³/mol. The van der Waals surface area contributed by atoms with Crippen LogP contribution in [0.5, 0.6) is 0 Å². The van der Waals surface area contributed by atoms with Crippen LogP contribution in [0.4, 0.5) is 5.82 Å². The van der Waals surface area contributed by atoms with Gasteiger partial charge in [0.05, 0.1) is 17.2 Å². The smallest absolute Gasteiger partial charge is 0.245 e. The van der Waals surface area contributed by atoms with Gasteiger partial charge in [0.15, 0.2) is 0 Å². The van der Waals surface area contributed by atoms with Crippen molar-refractivity contribution in [3.8, 4) is 0 Å². The molecule has 0 N–H and O–H groups in total. The summed E-state index contributed by atoms with van der Waals surface area (Å²) in [6, 6.07) is 7.77. The van der Waals surface area contributed by atoms with Crippen molar-refractivity contribution in [2.75, 3.05) is 44.7 Å². The number of anilines is 1. The van der Waals surface area contributed by atoms with Crippen molar-refractivity contribution >= 4 is 22.8 Å². The molecule has 6 nitrogen and oxygen atoms in total. The predicted octanol–water partition coefficient (Wildman–Crippen LogP) is 1.37. The first-order chi connectivity index (χ1) is 11.7. The van der Waals surface area contributed by atoms with Crippen molar-refractivity contribution in [1.82, 2.24) is 19.8 Å². The van der Waals surface area contributed by atoms with E-state index in [0.29, 0.717) is 0 Å². The molecule has 126 valence electrons. The van der Waals surface area contributed by atoms with Crippen LogP contribution in [0.15, 0.2) is 30.5 Å². The van der Waals surface area contributed by atoms with Gasteiger partial charge in [-0.1, -0.05) is 12.1 Å². The minimum absolute atomic E-state index is 0.0936. The maximum atomic E-state index is 13.0. The molecule has 24 heavy (non-hydrogen) atoms. The highest BCUT2D eigenvalue weighted by Gasteiger charge is 2.35. The summed E-state index contributed by atoms with van der Waals surface area (Å²) < 4.78 is 0. The third-order valence-corrected chi connectivity index (χ3v) is 5.08. The Kier molecular flexibility index (Phi) is 4.06. The summed E-state index contributed by atoms with van der Waals surface area (Å²) in [5.74, 6) is 1.06. The molecule has 0 unspecified atom stereocenters. The molecular weight excluding hydrogens is 302 g/mol. The molecule has 1 atom stereocenters. The van der Waals surface area contributed by atoms with Crippen LogP contribution in [0.3, 0.4) is 0 Å². The monoisotopic (exact) mass is 325 g/mol. The fraction of sp³-hybridized carbons (Fsp3) is 0.500. The van der Waals surface area contributed by atoms with Gasteiger partial charge in [-0.2, -0.15) is 0 Å². The van der Waals surface area contributed by atoms with E-state index in [0.717, 1.165) is 62.4 Å². The molecule has 0 radical (unpaired) electrons. The number of piperazine rings is 1. The van der Waals surface area contributed by atoms with Crippen LogP contribution in [0, 0.1) is 0 Å². The number of likely N-dealkylation sites (N-methyl/N-ethyl adjacent to an activating group) is 1. The molecule has 1 aromatic heterocycles. The van der Waals surface area contributed by atoms with Crippen molar-refractivity contribution in [2.45, 2.75) is 18.9 Å². The van der Waals surface area contributed by atoms with Gasteiger partial charge in [0.25, 0.3) is 0 Å². The van der Waals surface area contributed by atoms with E-state index >= 15 is 0 Å². The van der Waals surface area contributed by atoms with E-state index in [1.165, 1.54) is 0 Å². The summed E-state index contributed by atoms with van der Waals surface area (Å²) in [7, 11) is 2.11. The lowest BCUT2D eigenvalue weighted by Crippen LogP contribution is -2.53. The fourth-order valence-electron chi connectivity index (χ4n) is 3.62. The van der Waals surface area contributed by atoms with Gasteiger partial charge in [-0.25, -0.2) is 4.98 Å². The molecule has 2 aliphatic rings. The first kappa shape index (κ1) is 15.3. The highest BCUT2D eigenvalue weighted by molar-refractivity contribution is 5.86. The first-order valence-corrected chi connectivity index (χ1v) is 8.68. The SMILES string of the molecule is CN1CCN(C(=O)[C@@H]2CCCN2c2cnc3ccccc3n2)CC1. The topological polar surface area (TPSA) is 52.6 Å². The van der Waals surface area contributed by atoms with Crippen LogP contribution < -0.4 is 4.90 Å². The van der Waals surface area contributed by atoms with E-state index < -0.39 is 0 Å². The zero-order valence-corrected chi connectivity index (χ0v) is 14.1. The molecule has 2 saturated heterocycles. The van der Waals surface area contributed by atoms with Crippen molar-refractivity contribution in [3.05, 3.63) is 30.5 Å². The van der Waals surface area contributed by atoms with Crippen LogP contribution in [0.2, 0.25) is 0 Å². The third kappa shape index (κ3) is 2.82. The fourth-order valence-corrected chi connectivity index (χ4v) is 3.62. The Hall–Kier alpha value is -2.21. The highest BCUT2D eigenvalue weighted by atomic mass is 16.2. The normalized spacial score (nSPS) is 22.3. The van der Waals surface area contributed by atoms with Crippen LogP contribution in [-0.4, -0.2) is 71.5 Å². The van der Waals surface area contributed by atoms with Gasteiger partial charge < -0.3 is 14.7 Å². The van der Waals surface area contributed by atoms with E-state index in [4.69, 9.17) is 4.98 Å². The lowest BCUT2D eigenvalue weighted by molar-refractivity contribution is -0.134. The molecule has 0 aliphatic carbocycles. The number of nitrogens with zero attached hydrogens (tertiary/aromatic N) is 5. The molecule has 0 bridgehead atoms. The Morgan fingerprint density at radius 3 is 2.62 bits per heavy atom. The van der Waals surface area contributed by atoms with Gasteiger partial charge in [0.1, 0.15) is 11.9 Å². The Morgan fingerprint density at radius 1 is 1.08 bits per heavy atom. The molecule has 4 rings (SSSR count). The van der Waals surface area contributed by atoms with E-state index in [-0.39, 0.29) is 11.9 Å². The molecule has 2 aliphatic heterocycles. The van der Waals surface area contributed by atoms with Gasteiger partial charge in [-0.15, -0.1) is 0 Å². The average molecular weight is 325 g/mol. The zero-order chi connectivity index (χ0) is 16.5. The number of rotatable bonds is 2. The summed E-state index contributed by atoms with van der Waals surface area (Å²) in [5, 5.41) is 0. The summed E-state index contributed by atoms with van der Waals surface area (Å²) >= 11 is 0. The van der Waals surface area contributed by atoms with Crippen molar-refractivity contribution in [3.63, 3.8) is 0 Å². The number of aromatic nitrogens is 2. The van der Waals surface area contributed by atoms with Gasteiger partial charge >= 0.3 is 0 Å². The molecule has 6 heteroatoms. The quantitative estimate of drug-likeness (QED) is 0.835. The van der Waals surface area contributed by atoms with Crippen molar-refractivity contribution in [2.24, 2.45) is 0 Å². The van der Waals surface area contributed by atoms with Crippen LogP contribution in [-0.2, 0) is 4.79 Å². The summed E-state index contributed by atoms with van der Waals surface area (Å²) in [4.78, 5) is 28.6. The second-order valence-corrected chi connectivity index (χ2v) is 6.70. The Bertz CT molecular complexity index is 741. The van der Waals surface area contributed by atoms with Crippen molar-refractivity contribution < 1.29 is 4.79 Å². The number of carbonyl (C=O) groups is 1. The molecular formula is C18H23N5O. The van der Waals surface area contributed by atoms with Gasteiger partial charge in [-0.3, -0.25) is 9.78 Å². The highest BCUT2D eigenvalue weighted by Crippen LogP contribution is 2.26. The number of hydrogen-bond donors (Lipinski definition) is 0. The molecule has 3 heterocycles. The lowest BCUT2D eigenvalue weighted by Gasteiger charge is -2.36. The minimum Gasteiger partial charge on any atom is -0.343 e. The number of hydrogen-bond acceptors (Lipinski definition) is 5. The van der Waals surface area contributed by atoms with Gasteiger partial charge in [-0.05, 0) is 32.0 Å². The maximum absolute atomic E-state index is 13.0. The molecule has 0 spiro atoms. The zero-order valence-electron chi connectivity index (χ0n) is 14.1.